The maximum Gasteiger partial charge on any atom is 0.338 e. The fraction of sp³-hybridized carbons (Fsp3) is 0.300. The normalized spacial score (nSPS) is 10.4. The molecule has 0 saturated heterocycles. The minimum atomic E-state index is -0.817. The average Bonchev–Trinajstić information content (AvgIpc) is 2.69. The first-order valence-electron chi connectivity index (χ1n) is 8.66. The molecule has 0 atom stereocenters. The molecule has 0 aliphatic carbocycles. The molecule has 0 radical (unpaired) electrons. The summed E-state index contributed by atoms with van der Waals surface area (Å²) in [4.78, 5) is 36.8. The van der Waals surface area contributed by atoms with Crippen LogP contribution in [0.1, 0.15) is 29.8 Å². The van der Waals surface area contributed by atoms with E-state index in [0.717, 1.165) is 11.6 Å². The summed E-state index contributed by atoms with van der Waals surface area (Å²) in [6.45, 7) is 3.68. The van der Waals surface area contributed by atoms with E-state index in [1.165, 1.54) is 19.2 Å². The maximum absolute atomic E-state index is 12.5. The van der Waals surface area contributed by atoms with E-state index in [-0.39, 0.29) is 28.9 Å². The molecule has 0 bridgehead atoms. The third-order valence-corrected chi connectivity index (χ3v) is 4.08. The molecule has 0 fully saturated rings. The topological polar surface area (TPSA) is 99.0 Å². The molecule has 0 aromatic heterocycles. The van der Waals surface area contributed by atoms with Crippen molar-refractivity contribution in [3.05, 3.63) is 69.8 Å². The van der Waals surface area contributed by atoms with E-state index in [9.17, 15) is 19.7 Å². The average molecular weight is 386 g/mol. The van der Waals surface area contributed by atoms with Crippen molar-refractivity contribution in [1.82, 2.24) is 4.90 Å². The molecule has 8 heteroatoms. The van der Waals surface area contributed by atoms with E-state index in [1.54, 1.807) is 4.90 Å². The highest BCUT2D eigenvalue weighted by Gasteiger charge is 2.22. The fourth-order valence-corrected chi connectivity index (χ4v) is 2.59. The Hall–Kier alpha value is -3.42. The van der Waals surface area contributed by atoms with Gasteiger partial charge in [-0.05, 0) is 31.5 Å². The lowest BCUT2D eigenvalue weighted by Gasteiger charge is -2.26. The number of esters is 1. The third-order valence-electron chi connectivity index (χ3n) is 4.08. The quantitative estimate of drug-likeness (QED) is 0.392. The first-order chi connectivity index (χ1) is 13.3. The number of ether oxygens (including phenoxy) is 2. The summed E-state index contributed by atoms with van der Waals surface area (Å²) in [5.74, 6) is -1.13. The summed E-state index contributed by atoms with van der Waals surface area (Å²) in [7, 11) is 1.30. The fourth-order valence-electron chi connectivity index (χ4n) is 2.59. The van der Waals surface area contributed by atoms with Crippen LogP contribution >= 0.6 is 0 Å². The van der Waals surface area contributed by atoms with Gasteiger partial charge in [0.05, 0.1) is 17.6 Å². The van der Waals surface area contributed by atoms with E-state index in [4.69, 9.17) is 9.47 Å². The van der Waals surface area contributed by atoms with Crippen molar-refractivity contribution in [2.75, 3.05) is 13.7 Å². The summed E-state index contributed by atoms with van der Waals surface area (Å²) < 4.78 is 9.97. The zero-order valence-electron chi connectivity index (χ0n) is 16.0. The molecule has 148 valence electrons. The highest BCUT2D eigenvalue weighted by atomic mass is 16.6. The number of nitro benzene ring substituents is 1. The van der Waals surface area contributed by atoms with Gasteiger partial charge in [-0.15, -0.1) is 0 Å². The Morgan fingerprint density at radius 3 is 2.39 bits per heavy atom. The van der Waals surface area contributed by atoms with Gasteiger partial charge < -0.3 is 14.4 Å². The predicted molar refractivity (Wildman–Crippen MR) is 102 cm³/mol. The SMILES string of the molecule is COc1ccc(C(=O)OCC(=O)N(Cc2ccccc2)C(C)C)cc1[N+](=O)[O-]. The number of carbonyl (C=O) groups is 2. The molecule has 0 heterocycles. The first kappa shape index (κ1) is 20.9. The lowest BCUT2D eigenvalue weighted by molar-refractivity contribution is -0.385. The van der Waals surface area contributed by atoms with Crippen LogP contribution in [0, 0.1) is 10.1 Å². The van der Waals surface area contributed by atoms with E-state index in [0.29, 0.717) is 6.54 Å². The van der Waals surface area contributed by atoms with Crippen molar-refractivity contribution in [2.45, 2.75) is 26.4 Å². The van der Waals surface area contributed by atoms with Gasteiger partial charge in [-0.25, -0.2) is 4.79 Å². The molecule has 0 spiro atoms. The number of benzene rings is 2. The summed E-state index contributed by atoms with van der Waals surface area (Å²) in [6.07, 6.45) is 0. The van der Waals surface area contributed by atoms with Gasteiger partial charge in [-0.3, -0.25) is 14.9 Å². The van der Waals surface area contributed by atoms with Gasteiger partial charge in [0.15, 0.2) is 12.4 Å². The smallest absolute Gasteiger partial charge is 0.338 e. The molecule has 0 aliphatic heterocycles. The lowest BCUT2D eigenvalue weighted by atomic mass is 10.2. The van der Waals surface area contributed by atoms with Crippen LogP contribution in [0.5, 0.6) is 5.75 Å². The highest BCUT2D eigenvalue weighted by Crippen LogP contribution is 2.27. The van der Waals surface area contributed by atoms with Crippen molar-refractivity contribution in [3.63, 3.8) is 0 Å². The van der Waals surface area contributed by atoms with Crippen LogP contribution in [-0.4, -0.2) is 41.5 Å². The zero-order chi connectivity index (χ0) is 20.7. The standard InChI is InChI=1S/C20H22N2O6/c1-14(2)21(12-15-7-5-4-6-8-15)19(23)13-28-20(24)16-9-10-18(27-3)17(11-16)22(25)26/h4-11,14H,12-13H2,1-3H3. The number of nitro groups is 1. The Labute approximate surface area is 162 Å². The minimum absolute atomic E-state index is 0.0283. The van der Waals surface area contributed by atoms with Crippen molar-refractivity contribution in [3.8, 4) is 5.75 Å². The number of amides is 1. The number of hydrogen-bond acceptors (Lipinski definition) is 6. The van der Waals surface area contributed by atoms with Crippen LogP contribution in [-0.2, 0) is 16.1 Å². The maximum atomic E-state index is 12.5. The van der Waals surface area contributed by atoms with E-state index >= 15 is 0 Å². The molecule has 2 aromatic carbocycles. The second kappa shape index (κ2) is 9.50. The van der Waals surface area contributed by atoms with Crippen LogP contribution in [0.3, 0.4) is 0 Å². The van der Waals surface area contributed by atoms with Crippen LogP contribution in [0.4, 0.5) is 5.69 Å². The number of hydrogen-bond donors (Lipinski definition) is 0. The van der Waals surface area contributed by atoms with Crippen molar-refractivity contribution in [2.24, 2.45) is 0 Å². The van der Waals surface area contributed by atoms with E-state index in [2.05, 4.69) is 0 Å². The van der Waals surface area contributed by atoms with Crippen LogP contribution in [0.25, 0.3) is 0 Å². The largest absolute Gasteiger partial charge is 0.490 e. The Morgan fingerprint density at radius 1 is 1.14 bits per heavy atom. The highest BCUT2D eigenvalue weighted by molar-refractivity contribution is 5.92. The molecule has 2 rings (SSSR count). The number of methoxy groups -OCH3 is 1. The minimum Gasteiger partial charge on any atom is -0.490 e. The Balaban J connectivity index is 2.05. The second-order valence-electron chi connectivity index (χ2n) is 6.32. The van der Waals surface area contributed by atoms with Gasteiger partial charge in [0.25, 0.3) is 5.91 Å². The second-order valence-corrected chi connectivity index (χ2v) is 6.32. The molecular formula is C20H22N2O6. The molecular weight excluding hydrogens is 364 g/mol. The predicted octanol–water partition coefficient (Wildman–Crippen LogP) is 3.20. The summed E-state index contributed by atoms with van der Waals surface area (Å²) in [5, 5.41) is 11.1. The van der Waals surface area contributed by atoms with Gasteiger partial charge >= 0.3 is 11.7 Å². The Morgan fingerprint density at radius 2 is 1.82 bits per heavy atom. The summed E-state index contributed by atoms with van der Waals surface area (Å²) in [5.41, 5.74) is 0.581. The van der Waals surface area contributed by atoms with Crippen molar-refractivity contribution >= 4 is 17.6 Å². The van der Waals surface area contributed by atoms with Crippen molar-refractivity contribution in [1.29, 1.82) is 0 Å². The molecule has 0 N–H and O–H groups in total. The zero-order valence-corrected chi connectivity index (χ0v) is 16.0. The molecule has 8 nitrogen and oxygen atoms in total. The Kier molecular flexibility index (Phi) is 7.08. The monoisotopic (exact) mass is 386 g/mol. The summed E-state index contributed by atoms with van der Waals surface area (Å²) in [6, 6.07) is 13.1. The van der Waals surface area contributed by atoms with Gasteiger partial charge in [0, 0.05) is 18.7 Å². The molecule has 0 saturated carbocycles. The first-order valence-corrected chi connectivity index (χ1v) is 8.66. The Bertz CT molecular complexity index is 851. The van der Waals surface area contributed by atoms with Gasteiger partial charge in [-0.1, -0.05) is 30.3 Å². The molecule has 28 heavy (non-hydrogen) atoms. The van der Waals surface area contributed by atoms with Gasteiger partial charge in [0.2, 0.25) is 0 Å². The molecule has 1 amide bonds. The lowest BCUT2D eigenvalue weighted by Crippen LogP contribution is -2.39. The molecule has 0 unspecified atom stereocenters. The van der Waals surface area contributed by atoms with Gasteiger partial charge in [-0.2, -0.15) is 0 Å². The van der Waals surface area contributed by atoms with Crippen molar-refractivity contribution < 1.29 is 24.0 Å². The summed E-state index contributed by atoms with van der Waals surface area (Å²) >= 11 is 0. The van der Waals surface area contributed by atoms with E-state index in [1.807, 2.05) is 44.2 Å². The third kappa shape index (κ3) is 5.29. The van der Waals surface area contributed by atoms with Crippen LogP contribution in [0.2, 0.25) is 0 Å². The van der Waals surface area contributed by atoms with Gasteiger partial charge in [0.1, 0.15) is 0 Å². The molecule has 2 aromatic rings. The number of nitrogens with zero attached hydrogens (tertiary/aromatic N) is 2. The number of carbonyl (C=O) groups excluding carboxylic acids is 2. The molecule has 0 aliphatic rings. The van der Waals surface area contributed by atoms with E-state index < -0.39 is 17.5 Å². The van der Waals surface area contributed by atoms with Crippen LogP contribution < -0.4 is 4.74 Å². The number of rotatable bonds is 8. The van der Waals surface area contributed by atoms with Crippen LogP contribution in [0.15, 0.2) is 48.5 Å².